The SMILES string of the molecule is O=C1c2ccccc2C(=O)c2c(Oc3ccc(-c4ccccc4)cc3)cccc21. The second-order valence-electron chi connectivity index (χ2n) is 6.88. The summed E-state index contributed by atoms with van der Waals surface area (Å²) in [5.41, 5.74) is 3.76. The van der Waals surface area contributed by atoms with Crippen molar-refractivity contribution in [2.45, 2.75) is 0 Å². The highest BCUT2D eigenvalue weighted by Crippen LogP contribution is 2.35. The molecule has 0 saturated heterocycles. The van der Waals surface area contributed by atoms with Crippen LogP contribution in [-0.4, -0.2) is 11.6 Å². The van der Waals surface area contributed by atoms with Gasteiger partial charge in [0.05, 0.1) is 5.56 Å². The predicted molar refractivity (Wildman–Crippen MR) is 112 cm³/mol. The van der Waals surface area contributed by atoms with Crippen LogP contribution in [0, 0.1) is 0 Å². The molecule has 0 amide bonds. The minimum Gasteiger partial charge on any atom is -0.457 e. The van der Waals surface area contributed by atoms with Crippen molar-refractivity contribution in [3.05, 3.63) is 119 Å². The molecule has 0 aromatic heterocycles. The van der Waals surface area contributed by atoms with E-state index in [0.29, 0.717) is 33.8 Å². The molecule has 138 valence electrons. The molecule has 4 aromatic carbocycles. The number of rotatable bonds is 3. The molecule has 3 nitrogen and oxygen atoms in total. The maximum atomic E-state index is 13.1. The largest absolute Gasteiger partial charge is 0.457 e. The molecule has 29 heavy (non-hydrogen) atoms. The van der Waals surface area contributed by atoms with E-state index in [1.807, 2.05) is 54.6 Å². The molecule has 0 spiro atoms. The van der Waals surface area contributed by atoms with Gasteiger partial charge >= 0.3 is 0 Å². The van der Waals surface area contributed by atoms with Gasteiger partial charge in [-0.15, -0.1) is 0 Å². The normalized spacial score (nSPS) is 12.3. The zero-order valence-corrected chi connectivity index (χ0v) is 15.5. The highest BCUT2D eigenvalue weighted by Gasteiger charge is 2.32. The van der Waals surface area contributed by atoms with Crippen LogP contribution in [0.15, 0.2) is 97.1 Å². The first-order chi connectivity index (χ1) is 14.2. The van der Waals surface area contributed by atoms with Gasteiger partial charge in [-0.25, -0.2) is 0 Å². The maximum Gasteiger partial charge on any atom is 0.198 e. The number of carbonyl (C=O) groups is 2. The lowest BCUT2D eigenvalue weighted by Crippen LogP contribution is -2.21. The van der Waals surface area contributed by atoms with E-state index in [1.165, 1.54) is 0 Å². The summed E-state index contributed by atoms with van der Waals surface area (Å²) in [6.45, 7) is 0. The van der Waals surface area contributed by atoms with E-state index < -0.39 is 0 Å². The third-order valence-corrected chi connectivity index (χ3v) is 5.10. The summed E-state index contributed by atoms with van der Waals surface area (Å²) in [5.74, 6) is 0.659. The fourth-order valence-corrected chi connectivity index (χ4v) is 3.67. The number of ether oxygens (including phenoxy) is 1. The summed E-state index contributed by atoms with van der Waals surface area (Å²) in [6, 6.07) is 29.8. The highest BCUT2D eigenvalue weighted by molar-refractivity contribution is 6.29. The lowest BCUT2D eigenvalue weighted by atomic mass is 9.83. The zero-order valence-electron chi connectivity index (χ0n) is 15.5. The van der Waals surface area contributed by atoms with Crippen molar-refractivity contribution in [2.75, 3.05) is 0 Å². The molecule has 0 fully saturated rings. The van der Waals surface area contributed by atoms with Crippen molar-refractivity contribution in [1.29, 1.82) is 0 Å². The first-order valence-electron chi connectivity index (χ1n) is 9.37. The Kier molecular flexibility index (Phi) is 4.07. The number of ketones is 2. The summed E-state index contributed by atoms with van der Waals surface area (Å²) >= 11 is 0. The molecule has 0 N–H and O–H groups in total. The van der Waals surface area contributed by atoms with Gasteiger partial charge in [-0.2, -0.15) is 0 Å². The smallest absolute Gasteiger partial charge is 0.198 e. The molecule has 0 aliphatic heterocycles. The van der Waals surface area contributed by atoms with Gasteiger partial charge < -0.3 is 4.74 Å². The van der Waals surface area contributed by atoms with Crippen LogP contribution in [0.4, 0.5) is 0 Å². The minimum atomic E-state index is -0.188. The van der Waals surface area contributed by atoms with E-state index in [9.17, 15) is 9.59 Å². The average Bonchev–Trinajstić information content (AvgIpc) is 2.78. The van der Waals surface area contributed by atoms with Crippen LogP contribution in [0.1, 0.15) is 31.8 Å². The first-order valence-corrected chi connectivity index (χ1v) is 9.37. The van der Waals surface area contributed by atoms with Gasteiger partial charge in [0.2, 0.25) is 0 Å². The van der Waals surface area contributed by atoms with Gasteiger partial charge in [-0.3, -0.25) is 9.59 Å². The van der Waals surface area contributed by atoms with Crippen LogP contribution in [0.5, 0.6) is 11.5 Å². The van der Waals surface area contributed by atoms with Crippen LogP contribution in [0.3, 0.4) is 0 Å². The van der Waals surface area contributed by atoms with Gasteiger partial charge in [0, 0.05) is 16.7 Å². The second-order valence-corrected chi connectivity index (χ2v) is 6.88. The molecule has 0 radical (unpaired) electrons. The molecule has 0 bridgehead atoms. The van der Waals surface area contributed by atoms with Crippen molar-refractivity contribution in [1.82, 2.24) is 0 Å². The lowest BCUT2D eigenvalue weighted by molar-refractivity contribution is 0.0977. The number of fused-ring (bicyclic) bond motifs is 2. The molecule has 1 aliphatic rings. The fourth-order valence-electron chi connectivity index (χ4n) is 3.67. The van der Waals surface area contributed by atoms with Crippen LogP contribution >= 0.6 is 0 Å². The van der Waals surface area contributed by atoms with Crippen molar-refractivity contribution < 1.29 is 14.3 Å². The number of carbonyl (C=O) groups excluding carboxylic acids is 2. The standard InChI is InChI=1S/C26H16O3/c27-25-20-9-4-5-10-21(20)26(28)24-22(25)11-6-12-23(24)29-19-15-13-18(14-16-19)17-7-2-1-3-8-17/h1-16H. The fraction of sp³-hybridized carbons (Fsp3) is 0. The van der Waals surface area contributed by atoms with E-state index in [0.717, 1.165) is 11.1 Å². The first kappa shape index (κ1) is 17.1. The minimum absolute atomic E-state index is 0.153. The van der Waals surface area contributed by atoms with Crippen LogP contribution < -0.4 is 4.74 Å². The van der Waals surface area contributed by atoms with E-state index in [1.54, 1.807) is 42.5 Å². The predicted octanol–water partition coefficient (Wildman–Crippen LogP) is 5.92. The zero-order chi connectivity index (χ0) is 19.8. The van der Waals surface area contributed by atoms with E-state index in [4.69, 9.17) is 4.74 Å². The molecule has 5 rings (SSSR count). The summed E-state index contributed by atoms with van der Waals surface area (Å²) in [5, 5.41) is 0. The molecule has 3 heteroatoms. The lowest BCUT2D eigenvalue weighted by Gasteiger charge is -2.20. The Hall–Kier alpha value is -3.98. The Balaban J connectivity index is 1.51. The molecule has 4 aromatic rings. The Bertz CT molecular complexity index is 1240. The number of hydrogen-bond donors (Lipinski definition) is 0. The molecular formula is C26H16O3. The van der Waals surface area contributed by atoms with Gasteiger partial charge in [0.15, 0.2) is 11.6 Å². The van der Waals surface area contributed by atoms with E-state index in [2.05, 4.69) is 0 Å². The summed E-state index contributed by atoms with van der Waals surface area (Å²) in [7, 11) is 0. The number of hydrogen-bond acceptors (Lipinski definition) is 3. The monoisotopic (exact) mass is 376 g/mol. The van der Waals surface area contributed by atoms with Gasteiger partial charge in [-0.05, 0) is 29.3 Å². The summed E-state index contributed by atoms with van der Waals surface area (Å²) in [4.78, 5) is 25.9. The van der Waals surface area contributed by atoms with E-state index in [-0.39, 0.29) is 11.6 Å². The topological polar surface area (TPSA) is 43.4 Å². The average molecular weight is 376 g/mol. The second kappa shape index (κ2) is 6.88. The van der Waals surface area contributed by atoms with Crippen LogP contribution in [-0.2, 0) is 0 Å². The van der Waals surface area contributed by atoms with Crippen LogP contribution in [0.25, 0.3) is 11.1 Å². The molecule has 0 atom stereocenters. The Labute approximate surface area is 168 Å². The molecule has 0 heterocycles. The summed E-state index contributed by atoms with van der Waals surface area (Å²) in [6.07, 6.45) is 0. The van der Waals surface area contributed by atoms with Gasteiger partial charge in [0.25, 0.3) is 0 Å². The van der Waals surface area contributed by atoms with Crippen molar-refractivity contribution >= 4 is 11.6 Å². The highest BCUT2D eigenvalue weighted by atomic mass is 16.5. The number of benzene rings is 4. The third kappa shape index (κ3) is 2.93. The van der Waals surface area contributed by atoms with Crippen LogP contribution in [0.2, 0.25) is 0 Å². The third-order valence-electron chi connectivity index (χ3n) is 5.10. The molecule has 0 saturated carbocycles. The Morgan fingerprint density at radius 2 is 1.07 bits per heavy atom. The Morgan fingerprint density at radius 3 is 1.79 bits per heavy atom. The van der Waals surface area contributed by atoms with Gasteiger partial charge in [-0.1, -0.05) is 78.9 Å². The molecule has 0 unspecified atom stereocenters. The van der Waals surface area contributed by atoms with Crippen molar-refractivity contribution in [3.8, 4) is 22.6 Å². The van der Waals surface area contributed by atoms with E-state index >= 15 is 0 Å². The van der Waals surface area contributed by atoms with Gasteiger partial charge in [0.1, 0.15) is 11.5 Å². The maximum absolute atomic E-state index is 13.1. The van der Waals surface area contributed by atoms with Crippen molar-refractivity contribution in [3.63, 3.8) is 0 Å². The summed E-state index contributed by atoms with van der Waals surface area (Å²) < 4.78 is 6.03. The molecular weight excluding hydrogens is 360 g/mol. The Morgan fingerprint density at radius 1 is 0.483 bits per heavy atom. The quantitative estimate of drug-likeness (QED) is 0.392. The van der Waals surface area contributed by atoms with Crippen molar-refractivity contribution in [2.24, 2.45) is 0 Å². The molecule has 1 aliphatic carbocycles.